The first-order valence-corrected chi connectivity index (χ1v) is 14.6. The van der Waals surface area contributed by atoms with E-state index in [9.17, 15) is 4.79 Å². The third kappa shape index (κ3) is 4.68. The number of aromatic nitrogens is 4. The van der Waals surface area contributed by atoms with Crippen LogP contribution in [0.1, 0.15) is 79.0 Å². The fourth-order valence-electron chi connectivity index (χ4n) is 6.94. The zero-order chi connectivity index (χ0) is 28.9. The zero-order valence-electron chi connectivity index (χ0n) is 24.8. The molecular formula is C33H39N5O3. The number of esters is 1. The maximum absolute atomic E-state index is 13.3. The maximum Gasteiger partial charge on any atom is 0.312 e. The van der Waals surface area contributed by atoms with E-state index in [2.05, 4.69) is 64.4 Å². The number of hydrogen-bond acceptors (Lipinski definition) is 7. The van der Waals surface area contributed by atoms with Gasteiger partial charge in [-0.2, -0.15) is 0 Å². The van der Waals surface area contributed by atoms with Crippen molar-refractivity contribution in [1.82, 2.24) is 24.9 Å². The van der Waals surface area contributed by atoms with Crippen LogP contribution in [0, 0.1) is 12.3 Å². The fourth-order valence-corrected chi connectivity index (χ4v) is 6.94. The lowest BCUT2D eigenvalue weighted by Gasteiger charge is -2.35. The average molecular weight is 554 g/mol. The second kappa shape index (κ2) is 10.6. The Labute approximate surface area is 241 Å². The third-order valence-corrected chi connectivity index (χ3v) is 9.23. The van der Waals surface area contributed by atoms with Crippen LogP contribution in [0.3, 0.4) is 0 Å². The molecule has 0 radical (unpaired) electrons. The molecule has 0 amide bonds. The Kier molecular flexibility index (Phi) is 7.06. The summed E-state index contributed by atoms with van der Waals surface area (Å²) < 4.78 is 13.5. The van der Waals surface area contributed by atoms with Gasteiger partial charge in [0.15, 0.2) is 0 Å². The van der Waals surface area contributed by atoms with Crippen molar-refractivity contribution in [3.05, 3.63) is 82.2 Å². The SMILES string of the molecule is CC[C@@H]1CN(C2CCc3ccc(C(c4ccc5c(nnn5C)c4C)C(C)(C)C(=O)OC)cc32)Cc2cnccc2O1. The lowest BCUT2D eigenvalue weighted by atomic mass is 9.69. The monoisotopic (exact) mass is 553 g/mol. The second-order valence-electron chi connectivity index (χ2n) is 12.1. The second-order valence-corrected chi connectivity index (χ2v) is 12.1. The number of ether oxygens (including phenoxy) is 2. The predicted octanol–water partition coefficient (Wildman–Crippen LogP) is 5.66. The number of fused-ring (bicyclic) bond motifs is 3. The van der Waals surface area contributed by atoms with Gasteiger partial charge in [0.25, 0.3) is 0 Å². The molecule has 0 bridgehead atoms. The van der Waals surface area contributed by atoms with Crippen LogP contribution in [0.15, 0.2) is 48.8 Å². The third-order valence-electron chi connectivity index (χ3n) is 9.23. The molecule has 8 nitrogen and oxygen atoms in total. The maximum atomic E-state index is 13.3. The molecule has 0 N–H and O–H groups in total. The van der Waals surface area contributed by atoms with E-state index in [1.807, 2.05) is 39.4 Å². The van der Waals surface area contributed by atoms with Crippen molar-refractivity contribution in [1.29, 1.82) is 0 Å². The normalized spacial score (nSPS) is 19.8. The van der Waals surface area contributed by atoms with Gasteiger partial charge in [-0.05, 0) is 80.0 Å². The molecule has 2 aromatic heterocycles. The van der Waals surface area contributed by atoms with Gasteiger partial charge in [-0.15, -0.1) is 5.10 Å². The Balaban J connectivity index is 1.44. The molecular weight excluding hydrogens is 514 g/mol. The Morgan fingerprint density at radius 2 is 2.02 bits per heavy atom. The van der Waals surface area contributed by atoms with E-state index in [-0.39, 0.29) is 24.0 Å². The fraction of sp³-hybridized carbons (Fsp3) is 0.455. The van der Waals surface area contributed by atoms with E-state index in [0.29, 0.717) is 0 Å². The molecule has 41 heavy (non-hydrogen) atoms. The Hall–Kier alpha value is -3.78. The van der Waals surface area contributed by atoms with E-state index in [1.165, 1.54) is 18.2 Å². The van der Waals surface area contributed by atoms with Crippen molar-refractivity contribution in [2.45, 2.75) is 71.6 Å². The lowest BCUT2D eigenvalue weighted by molar-refractivity contribution is -0.151. The molecule has 1 aliphatic carbocycles. The Morgan fingerprint density at radius 3 is 2.80 bits per heavy atom. The van der Waals surface area contributed by atoms with Gasteiger partial charge >= 0.3 is 5.97 Å². The summed E-state index contributed by atoms with van der Waals surface area (Å²) in [5.41, 5.74) is 8.07. The van der Waals surface area contributed by atoms with E-state index >= 15 is 0 Å². The van der Waals surface area contributed by atoms with Gasteiger partial charge in [0.05, 0.1) is 18.0 Å². The molecule has 0 fully saturated rings. The van der Waals surface area contributed by atoms with Crippen LogP contribution in [0.5, 0.6) is 5.75 Å². The minimum Gasteiger partial charge on any atom is -0.489 e. The van der Waals surface area contributed by atoms with Crippen LogP contribution in [0.2, 0.25) is 0 Å². The number of hydrogen-bond donors (Lipinski definition) is 0. The number of pyridine rings is 1. The molecule has 0 saturated heterocycles. The molecule has 3 atom stereocenters. The molecule has 6 rings (SSSR count). The summed E-state index contributed by atoms with van der Waals surface area (Å²) in [4.78, 5) is 20.2. The average Bonchev–Trinajstić information content (AvgIpc) is 3.51. The molecule has 0 saturated carbocycles. The Bertz CT molecular complexity index is 1610. The quantitative estimate of drug-likeness (QED) is 0.285. The standard InChI is InChI=1S/C33H39N5O3/c1-7-24-19-38(18-23-17-34-15-14-29(23)41-24)27-12-10-21-8-9-22(16-26(21)27)30(33(3,4)32(39)40-6)25-11-13-28-31(20(25)2)35-36-37(28)5/h8-9,11,13-17,24,27,30H,7,10,12,18-19H2,1-6H3/t24-,27?,30?/m1/s1. The molecule has 3 heterocycles. The van der Waals surface area contributed by atoms with Gasteiger partial charge in [-0.1, -0.05) is 36.4 Å². The predicted molar refractivity (Wildman–Crippen MR) is 158 cm³/mol. The van der Waals surface area contributed by atoms with Crippen molar-refractivity contribution < 1.29 is 14.3 Å². The van der Waals surface area contributed by atoms with Crippen molar-refractivity contribution in [3.8, 4) is 5.75 Å². The summed E-state index contributed by atoms with van der Waals surface area (Å²) in [5, 5.41) is 8.69. The van der Waals surface area contributed by atoms with Gasteiger partial charge in [0, 0.05) is 50.1 Å². The summed E-state index contributed by atoms with van der Waals surface area (Å²) in [6, 6.07) is 13.3. The number of benzene rings is 2. The summed E-state index contributed by atoms with van der Waals surface area (Å²) >= 11 is 0. The molecule has 4 aromatic rings. The molecule has 8 heteroatoms. The first-order chi connectivity index (χ1) is 19.7. The zero-order valence-corrected chi connectivity index (χ0v) is 24.8. The minimum absolute atomic E-state index is 0.123. The van der Waals surface area contributed by atoms with Crippen molar-refractivity contribution in [3.63, 3.8) is 0 Å². The van der Waals surface area contributed by atoms with Crippen molar-refractivity contribution in [2.24, 2.45) is 12.5 Å². The van der Waals surface area contributed by atoms with Crippen LogP contribution in [-0.2, 0) is 29.5 Å². The van der Waals surface area contributed by atoms with E-state index in [0.717, 1.165) is 71.4 Å². The summed E-state index contributed by atoms with van der Waals surface area (Å²) in [6.45, 7) is 9.89. The van der Waals surface area contributed by atoms with E-state index < -0.39 is 5.41 Å². The van der Waals surface area contributed by atoms with Crippen LogP contribution in [-0.4, -0.2) is 50.6 Å². The number of methoxy groups -OCH3 is 1. The highest BCUT2D eigenvalue weighted by Crippen LogP contribution is 2.47. The summed E-state index contributed by atoms with van der Waals surface area (Å²) in [5.74, 6) is 0.475. The number of aryl methyl sites for hydroxylation is 3. The van der Waals surface area contributed by atoms with Gasteiger partial charge in [0.2, 0.25) is 0 Å². The van der Waals surface area contributed by atoms with Crippen molar-refractivity contribution >= 4 is 17.0 Å². The van der Waals surface area contributed by atoms with Crippen molar-refractivity contribution in [2.75, 3.05) is 13.7 Å². The van der Waals surface area contributed by atoms with E-state index in [1.54, 1.807) is 4.68 Å². The van der Waals surface area contributed by atoms with E-state index in [4.69, 9.17) is 9.47 Å². The smallest absolute Gasteiger partial charge is 0.312 e. The topological polar surface area (TPSA) is 82.4 Å². The molecule has 2 aliphatic rings. The first kappa shape index (κ1) is 27.4. The van der Waals surface area contributed by atoms with Crippen LogP contribution in [0.25, 0.3) is 11.0 Å². The van der Waals surface area contributed by atoms with Crippen LogP contribution in [0.4, 0.5) is 0 Å². The largest absolute Gasteiger partial charge is 0.489 e. The summed E-state index contributed by atoms with van der Waals surface area (Å²) in [7, 11) is 3.37. The molecule has 0 spiro atoms. The Morgan fingerprint density at radius 1 is 1.20 bits per heavy atom. The molecule has 1 aliphatic heterocycles. The number of carbonyl (C=O) groups is 1. The molecule has 2 unspecified atom stereocenters. The molecule has 2 aromatic carbocycles. The van der Waals surface area contributed by atoms with Gasteiger partial charge in [0.1, 0.15) is 17.4 Å². The van der Waals surface area contributed by atoms with Gasteiger partial charge in [-0.25, -0.2) is 4.68 Å². The number of carbonyl (C=O) groups excluding carboxylic acids is 1. The number of nitrogens with zero attached hydrogens (tertiary/aromatic N) is 5. The highest BCUT2D eigenvalue weighted by Gasteiger charge is 2.42. The highest BCUT2D eigenvalue weighted by atomic mass is 16.5. The first-order valence-electron chi connectivity index (χ1n) is 14.6. The van der Waals surface area contributed by atoms with Gasteiger partial charge < -0.3 is 9.47 Å². The van der Waals surface area contributed by atoms with Crippen LogP contribution < -0.4 is 4.74 Å². The highest BCUT2D eigenvalue weighted by molar-refractivity contribution is 5.82. The lowest BCUT2D eigenvalue weighted by Crippen LogP contribution is -2.35. The minimum atomic E-state index is -0.813. The summed E-state index contributed by atoms with van der Waals surface area (Å²) in [6.07, 6.45) is 6.90. The number of rotatable bonds is 6. The van der Waals surface area contributed by atoms with Crippen LogP contribution >= 0.6 is 0 Å². The van der Waals surface area contributed by atoms with Gasteiger partial charge in [-0.3, -0.25) is 14.7 Å². The molecule has 214 valence electrons.